The molecule has 0 aliphatic heterocycles. The molecule has 0 heterocycles. The summed E-state index contributed by atoms with van der Waals surface area (Å²) in [7, 11) is 0. The number of halogens is 2. The third-order valence-electron chi connectivity index (χ3n) is 4.80. The Hall–Kier alpha value is -0.600. The Bertz CT molecular complexity index is 665. The van der Waals surface area contributed by atoms with Gasteiger partial charge in [0.2, 0.25) is 0 Å². The summed E-state index contributed by atoms with van der Waals surface area (Å²) in [6.07, 6.45) is 2.39. The molecular formula is C21H24Br2. The van der Waals surface area contributed by atoms with Crippen molar-refractivity contribution in [2.75, 3.05) is 0 Å². The maximum atomic E-state index is 3.70. The molecule has 0 aromatic heterocycles. The van der Waals surface area contributed by atoms with Crippen molar-refractivity contribution in [3.8, 4) is 11.1 Å². The normalized spacial score (nSPS) is 15.1. The molecule has 0 bridgehead atoms. The van der Waals surface area contributed by atoms with Crippen LogP contribution in [0.4, 0.5) is 0 Å². The van der Waals surface area contributed by atoms with Gasteiger partial charge < -0.3 is 0 Å². The Kier molecular flexibility index (Phi) is 4.77. The Labute approximate surface area is 157 Å². The molecule has 2 heteroatoms. The quantitative estimate of drug-likeness (QED) is 0.464. The fraction of sp³-hybridized carbons (Fsp3) is 0.429. The summed E-state index contributed by atoms with van der Waals surface area (Å²) in [6, 6.07) is 13.6. The standard InChI is InChI=1S/C21H24Br2/c1-13(2)11-21(12-14(3)4)19-9-15(22)5-7-17(19)18-8-6-16(23)10-20(18)21/h5-10,13-14H,11-12H2,1-4H3. The smallest absolute Gasteiger partial charge is 0.0220 e. The van der Waals surface area contributed by atoms with Gasteiger partial charge in [-0.05, 0) is 71.2 Å². The van der Waals surface area contributed by atoms with E-state index in [2.05, 4.69) is 96.0 Å². The first kappa shape index (κ1) is 17.2. The molecule has 2 aromatic carbocycles. The molecule has 23 heavy (non-hydrogen) atoms. The van der Waals surface area contributed by atoms with Crippen LogP contribution in [0.1, 0.15) is 51.7 Å². The van der Waals surface area contributed by atoms with Crippen LogP contribution in [0.5, 0.6) is 0 Å². The van der Waals surface area contributed by atoms with E-state index in [9.17, 15) is 0 Å². The molecule has 0 amide bonds. The highest BCUT2D eigenvalue weighted by molar-refractivity contribution is 9.10. The van der Waals surface area contributed by atoms with E-state index in [0.29, 0.717) is 11.8 Å². The summed E-state index contributed by atoms with van der Waals surface area (Å²) in [6.45, 7) is 9.37. The molecule has 1 aliphatic rings. The Morgan fingerprint density at radius 1 is 0.739 bits per heavy atom. The molecule has 0 nitrogen and oxygen atoms in total. The summed E-state index contributed by atoms with van der Waals surface area (Å²) < 4.78 is 2.36. The van der Waals surface area contributed by atoms with E-state index in [1.54, 1.807) is 0 Å². The molecule has 2 aromatic rings. The third-order valence-corrected chi connectivity index (χ3v) is 5.78. The van der Waals surface area contributed by atoms with E-state index in [0.717, 1.165) is 0 Å². The van der Waals surface area contributed by atoms with Gasteiger partial charge in [-0.25, -0.2) is 0 Å². The van der Waals surface area contributed by atoms with E-state index in [-0.39, 0.29) is 5.41 Å². The van der Waals surface area contributed by atoms with Gasteiger partial charge in [-0.15, -0.1) is 0 Å². The van der Waals surface area contributed by atoms with Crippen LogP contribution in [0.2, 0.25) is 0 Å². The van der Waals surface area contributed by atoms with E-state index in [1.807, 2.05) is 0 Å². The Morgan fingerprint density at radius 3 is 1.48 bits per heavy atom. The molecule has 0 saturated carbocycles. The predicted molar refractivity (Wildman–Crippen MR) is 107 cm³/mol. The van der Waals surface area contributed by atoms with Gasteiger partial charge in [-0.2, -0.15) is 0 Å². The van der Waals surface area contributed by atoms with Crippen molar-refractivity contribution in [1.29, 1.82) is 0 Å². The molecular weight excluding hydrogens is 412 g/mol. The molecule has 3 rings (SSSR count). The maximum Gasteiger partial charge on any atom is 0.0220 e. The lowest BCUT2D eigenvalue weighted by Crippen LogP contribution is -2.29. The van der Waals surface area contributed by atoms with Gasteiger partial charge >= 0.3 is 0 Å². The van der Waals surface area contributed by atoms with Crippen molar-refractivity contribution in [2.45, 2.75) is 46.0 Å². The summed E-state index contributed by atoms with van der Waals surface area (Å²) in [5.74, 6) is 1.32. The first-order chi connectivity index (χ1) is 10.8. The second kappa shape index (κ2) is 6.37. The van der Waals surface area contributed by atoms with Crippen molar-refractivity contribution in [3.05, 3.63) is 56.5 Å². The van der Waals surface area contributed by atoms with Gasteiger partial charge in [0.05, 0.1) is 0 Å². The average molecular weight is 436 g/mol. The van der Waals surface area contributed by atoms with Crippen molar-refractivity contribution < 1.29 is 0 Å². The first-order valence-electron chi connectivity index (χ1n) is 8.44. The highest BCUT2D eigenvalue weighted by Gasteiger charge is 2.43. The number of hydrogen-bond acceptors (Lipinski definition) is 0. The molecule has 0 radical (unpaired) electrons. The van der Waals surface area contributed by atoms with Crippen LogP contribution in [0, 0.1) is 11.8 Å². The lowest BCUT2D eigenvalue weighted by molar-refractivity contribution is 0.337. The van der Waals surface area contributed by atoms with E-state index < -0.39 is 0 Å². The Morgan fingerprint density at radius 2 is 1.13 bits per heavy atom. The molecule has 0 unspecified atom stereocenters. The second-order valence-electron chi connectivity index (χ2n) is 7.66. The zero-order chi connectivity index (χ0) is 16.8. The van der Waals surface area contributed by atoms with Crippen molar-refractivity contribution in [1.82, 2.24) is 0 Å². The SMILES string of the molecule is CC(C)CC1(CC(C)C)c2cc(Br)ccc2-c2ccc(Br)cc21. The zero-order valence-corrected chi connectivity index (χ0v) is 17.5. The first-order valence-corrected chi connectivity index (χ1v) is 10.0. The van der Waals surface area contributed by atoms with Crippen molar-refractivity contribution in [2.24, 2.45) is 11.8 Å². The summed E-state index contributed by atoms with van der Waals surface area (Å²) >= 11 is 7.40. The zero-order valence-electron chi connectivity index (χ0n) is 14.3. The molecule has 0 atom stereocenters. The van der Waals surface area contributed by atoms with Gasteiger partial charge in [0.25, 0.3) is 0 Å². The summed E-state index contributed by atoms with van der Waals surface area (Å²) in [5.41, 5.74) is 5.96. The topological polar surface area (TPSA) is 0 Å². The maximum absolute atomic E-state index is 3.70. The number of fused-ring (bicyclic) bond motifs is 3. The van der Waals surface area contributed by atoms with E-state index in [1.165, 1.54) is 44.0 Å². The molecule has 1 aliphatic carbocycles. The average Bonchev–Trinajstić information content (AvgIpc) is 2.68. The fourth-order valence-corrected chi connectivity index (χ4v) is 5.08. The number of rotatable bonds is 4. The number of benzene rings is 2. The van der Waals surface area contributed by atoms with Crippen LogP contribution in [0.25, 0.3) is 11.1 Å². The lowest BCUT2D eigenvalue weighted by Gasteiger charge is -2.36. The van der Waals surface area contributed by atoms with Gasteiger partial charge in [0, 0.05) is 14.4 Å². The molecule has 0 spiro atoms. The minimum absolute atomic E-state index is 0.126. The van der Waals surface area contributed by atoms with Crippen LogP contribution >= 0.6 is 31.9 Å². The van der Waals surface area contributed by atoms with Crippen LogP contribution in [0.15, 0.2) is 45.3 Å². The molecule has 0 N–H and O–H groups in total. The Balaban J connectivity index is 2.32. The van der Waals surface area contributed by atoms with Crippen molar-refractivity contribution >= 4 is 31.9 Å². The minimum atomic E-state index is 0.126. The van der Waals surface area contributed by atoms with Gasteiger partial charge in [0.15, 0.2) is 0 Å². The summed E-state index contributed by atoms with van der Waals surface area (Å²) in [5, 5.41) is 0. The third kappa shape index (κ3) is 3.05. The minimum Gasteiger partial charge on any atom is -0.0627 e. The molecule has 122 valence electrons. The monoisotopic (exact) mass is 434 g/mol. The van der Waals surface area contributed by atoms with Gasteiger partial charge in [-0.1, -0.05) is 71.7 Å². The predicted octanol–water partition coefficient (Wildman–Crippen LogP) is 7.57. The van der Waals surface area contributed by atoms with Gasteiger partial charge in [0.1, 0.15) is 0 Å². The summed E-state index contributed by atoms with van der Waals surface area (Å²) in [4.78, 5) is 0. The molecule has 0 fully saturated rings. The fourth-order valence-electron chi connectivity index (χ4n) is 4.36. The number of hydrogen-bond donors (Lipinski definition) is 0. The van der Waals surface area contributed by atoms with Crippen LogP contribution in [-0.2, 0) is 5.41 Å². The van der Waals surface area contributed by atoms with E-state index >= 15 is 0 Å². The van der Waals surface area contributed by atoms with Gasteiger partial charge in [-0.3, -0.25) is 0 Å². The second-order valence-corrected chi connectivity index (χ2v) is 9.49. The highest BCUT2D eigenvalue weighted by Crippen LogP contribution is 2.55. The largest absolute Gasteiger partial charge is 0.0627 e. The van der Waals surface area contributed by atoms with Crippen LogP contribution in [-0.4, -0.2) is 0 Å². The van der Waals surface area contributed by atoms with E-state index in [4.69, 9.17) is 0 Å². The molecule has 0 saturated heterocycles. The highest BCUT2D eigenvalue weighted by atomic mass is 79.9. The van der Waals surface area contributed by atoms with Crippen molar-refractivity contribution in [3.63, 3.8) is 0 Å². The van der Waals surface area contributed by atoms with Crippen LogP contribution < -0.4 is 0 Å². The lowest BCUT2D eigenvalue weighted by atomic mass is 9.68. The van der Waals surface area contributed by atoms with Crippen LogP contribution in [0.3, 0.4) is 0 Å².